The number of rotatable bonds is 6. The number of amides is 2. The third kappa shape index (κ3) is 3.96. The average molecular weight is 421 g/mol. The molecule has 0 N–H and O–H groups in total. The van der Waals surface area contributed by atoms with Crippen molar-refractivity contribution in [3.63, 3.8) is 0 Å². The van der Waals surface area contributed by atoms with Gasteiger partial charge in [-0.1, -0.05) is 35.9 Å². The lowest BCUT2D eigenvalue weighted by atomic mass is 9.92. The second-order valence-corrected chi connectivity index (χ2v) is 8.40. The van der Waals surface area contributed by atoms with Gasteiger partial charge in [0.2, 0.25) is 5.91 Å². The maximum absolute atomic E-state index is 13.4. The molecule has 0 spiro atoms. The number of nitrogens with zero attached hydrogens (tertiary/aromatic N) is 2. The third-order valence-electron chi connectivity index (χ3n) is 5.37. The van der Waals surface area contributed by atoms with Crippen LogP contribution in [-0.4, -0.2) is 41.2 Å². The summed E-state index contributed by atoms with van der Waals surface area (Å²) >= 11 is 1.74. The van der Waals surface area contributed by atoms with Crippen molar-refractivity contribution in [3.05, 3.63) is 94.1 Å². The summed E-state index contributed by atoms with van der Waals surface area (Å²) in [4.78, 5) is 30.9. The average Bonchev–Trinajstić information content (AvgIpc) is 3.44. The Morgan fingerprint density at radius 1 is 1.27 bits per heavy atom. The number of benzene rings is 1. The number of hydrogen-bond donors (Lipinski definition) is 0. The first kappa shape index (κ1) is 20.2. The second-order valence-electron chi connectivity index (χ2n) is 7.40. The summed E-state index contributed by atoms with van der Waals surface area (Å²) in [5, 5.41) is 2.09. The number of aryl methyl sites for hydroxylation is 1. The lowest BCUT2D eigenvalue weighted by Crippen LogP contribution is -2.46. The van der Waals surface area contributed by atoms with Gasteiger partial charge in [-0.05, 0) is 48.1 Å². The normalized spacial score (nSPS) is 15.5. The monoisotopic (exact) mass is 420 g/mol. The number of fused-ring (bicyclic) bond motifs is 1. The lowest BCUT2D eigenvalue weighted by Gasteiger charge is -2.37. The van der Waals surface area contributed by atoms with E-state index in [9.17, 15) is 9.59 Å². The Kier molecular flexibility index (Phi) is 5.86. The van der Waals surface area contributed by atoms with E-state index in [2.05, 4.69) is 49.2 Å². The molecule has 6 heteroatoms. The van der Waals surface area contributed by atoms with E-state index in [-0.39, 0.29) is 36.7 Å². The summed E-state index contributed by atoms with van der Waals surface area (Å²) in [7, 11) is 0. The molecular formula is C24H24N2O3S. The zero-order valence-corrected chi connectivity index (χ0v) is 17.7. The predicted molar refractivity (Wildman–Crippen MR) is 118 cm³/mol. The van der Waals surface area contributed by atoms with Gasteiger partial charge in [0, 0.05) is 18.0 Å². The minimum absolute atomic E-state index is 0.0205. The maximum Gasteiger partial charge on any atom is 0.290 e. The van der Waals surface area contributed by atoms with Crippen LogP contribution in [0.3, 0.4) is 0 Å². The quantitative estimate of drug-likeness (QED) is 0.554. The molecule has 1 unspecified atom stereocenters. The van der Waals surface area contributed by atoms with Crippen LogP contribution < -0.4 is 0 Å². The van der Waals surface area contributed by atoms with Crippen LogP contribution in [0.15, 0.2) is 71.2 Å². The van der Waals surface area contributed by atoms with Gasteiger partial charge in [0.15, 0.2) is 5.76 Å². The van der Waals surface area contributed by atoms with Crippen molar-refractivity contribution in [3.8, 4) is 0 Å². The van der Waals surface area contributed by atoms with E-state index in [0.29, 0.717) is 6.54 Å². The molecule has 0 radical (unpaired) electrons. The van der Waals surface area contributed by atoms with Gasteiger partial charge in [-0.25, -0.2) is 0 Å². The summed E-state index contributed by atoms with van der Waals surface area (Å²) in [5.41, 5.74) is 3.44. The highest BCUT2D eigenvalue weighted by Gasteiger charge is 2.34. The molecule has 3 aromatic rings. The highest BCUT2D eigenvalue weighted by molar-refractivity contribution is 7.10. The summed E-state index contributed by atoms with van der Waals surface area (Å²) < 4.78 is 5.24. The highest BCUT2D eigenvalue weighted by Crippen LogP contribution is 2.38. The number of carbonyl (C=O) groups excluding carboxylic acids is 2. The molecule has 154 valence electrons. The molecule has 2 amide bonds. The zero-order valence-electron chi connectivity index (χ0n) is 16.9. The summed E-state index contributed by atoms with van der Waals surface area (Å²) in [5.74, 6) is -0.175. The van der Waals surface area contributed by atoms with Gasteiger partial charge in [0.1, 0.15) is 6.54 Å². The molecule has 0 saturated carbocycles. The molecule has 0 aliphatic carbocycles. The van der Waals surface area contributed by atoms with E-state index >= 15 is 0 Å². The number of carbonyl (C=O) groups is 2. The van der Waals surface area contributed by atoms with Crippen molar-refractivity contribution in [2.45, 2.75) is 19.4 Å². The van der Waals surface area contributed by atoms with Crippen LogP contribution in [0.25, 0.3) is 0 Å². The second kappa shape index (κ2) is 8.71. The van der Waals surface area contributed by atoms with Crippen LogP contribution >= 0.6 is 11.3 Å². The molecule has 1 aliphatic heterocycles. The molecule has 5 nitrogen and oxygen atoms in total. The van der Waals surface area contributed by atoms with E-state index in [0.717, 1.165) is 12.0 Å². The fraction of sp³-hybridized carbons (Fsp3) is 0.250. The van der Waals surface area contributed by atoms with Gasteiger partial charge >= 0.3 is 0 Å². The Hall–Kier alpha value is -3.12. The van der Waals surface area contributed by atoms with Crippen molar-refractivity contribution >= 4 is 23.2 Å². The maximum atomic E-state index is 13.4. The number of furan rings is 1. The predicted octanol–water partition coefficient (Wildman–Crippen LogP) is 4.45. The lowest BCUT2D eigenvalue weighted by molar-refractivity contribution is -0.133. The van der Waals surface area contributed by atoms with Gasteiger partial charge in [0.25, 0.3) is 5.91 Å². The standard InChI is InChI=1S/C24H24N2O3S/c1-3-12-25(24(28)20-5-4-14-29-20)16-22(27)26-13-10-21-19(11-15-30-21)23(26)18-8-6-17(2)7-9-18/h3-9,11,14-15,23H,1,10,12-13,16H2,2H3. The fourth-order valence-corrected chi connectivity index (χ4v) is 4.78. The molecule has 1 aromatic carbocycles. The SMILES string of the molecule is C=CCN(CC(=O)N1CCc2sccc2C1c1ccc(C)cc1)C(=O)c1ccco1. The Morgan fingerprint density at radius 3 is 2.77 bits per heavy atom. The van der Waals surface area contributed by atoms with Gasteiger partial charge < -0.3 is 14.2 Å². The van der Waals surface area contributed by atoms with Gasteiger partial charge in [-0.15, -0.1) is 17.9 Å². The van der Waals surface area contributed by atoms with E-state index in [1.54, 1.807) is 29.5 Å². The Balaban J connectivity index is 1.61. The van der Waals surface area contributed by atoms with E-state index < -0.39 is 0 Å². The van der Waals surface area contributed by atoms with Crippen LogP contribution in [0, 0.1) is 6.92 Å². The Morgan fingerprint density at radius 2 is 2.07 bits per heavy atom. The first-order chi connectivity index (χ1) is 14.6. The molecule has 30 heavy (non-hydrogen) atoms. The van der Waals surface area contributed by atoms with Crippen molar-refractivity contribution in [1.29, 1.82) is 0 Å². The minimum atomic E-state index is -0.312. The zero-order chi connectivity index (χ0) is 21.1. The molecular weight excluding hydrogens is 396 g/mol. The highest BCUT2D eigenvalue weighted by atomic mass is 32.1. The fourth-order valence-electron chi connectivity index (χ4n) is 3.88. The first-order valence-electron chi connectivity index (χ1n) is 9.94. The van der Waals surface area contributed by atoms with E-state index in [1.807, 2.05) is 4.90 Å². The molecule has 0 saturated heterocycles. The topological polar surface area (TPSA) is 53.8 Å². The Bertz CT molecular complexity index is 1040. The van der Waals surface area contributed by atoms with Crippen LogP contribution in [0.1, 0.15) is 38.2 Å². The molecule has 0 bridgehead atoms. The molecule has 0 fully saturated rings. The smallest absolute Gasteiger partial charge is 0.290 e. The van der Waals surface area contributed by atoms with Gasteiger partial charge in [0.05, 0.1) is 12.3 Å². The van der Waals surface area contributed by atoms with Gasteiger partial charge in [-0.2, -0.15) is 0 Å². The van der Waals surface area contributed by atoms with Crippen LogP contribution in [0.4, 0.5) is 0 Å². The summed E-state index contributed by atoms with van der Waals surface area (Å²) in [6, 6.07) is 13.6. The summed E-state index contributed by atoms with van der Waals surface area (Å²) in [6.07, 6.45) is 3.91. The van der Waals surface area contributed by atoms with Crippen molar-refractivity contribution < 1.29 is 14.0 Å². The molecule has 2 aromatic heterocycles. The van der Waals surface area contributed by atoms with Crippen LogP contribution in [-0.2, 0) is 11.2 Å². The number of thiophene rings is 1. The molecule has 1 atom stereocenters. The molecule has 1 aliphatic rings. The largest absolute Gasteiger partial charge is 0.459 e. The Labute approximate surface area is 180 Å². The molecule has 3 heterocycles. The van der Waals surface area contributed by atoms with Crippen LogP contribution in [0.5, 0.6) is 0 Å². The van der Waals surface area contributed by atoms with Crippen LogP contribution in [0.2, 0.25) is 0 Å². The van der Waals surface area contributed by atoms with Gasteiger partial charge in [-0.3, -0.25) is 9.59 Å². The summed E-state index contributed by atoms with van der Waals surface area (Å²) in [6.45, 7) is 6.66. The minimum Gasteiger partial charge on any atom is -0.459 e. The number of hydrogen-bond acceptors (Lipinski definition) is 4. The van der Waals surface area contributed by atoms with E-state index in [4.69, 9.17) is 4.42 Å². The van der Waals surface area contributed by atoms with Crippen molar-refractivity contribution in [1.82, 2.24) is 9.80 Å². The van der Waals surface area contributed by atoms with Crippen molar-refractivity contribution in [2.24, 2.45) is 0 Å². The van der Waals surface area contributed by atoms with Crippen molar-refractivity contribution in [2.75, 3.05) is 19.6 Å². The van der Waals surface area contributed by atoms with E-state index in [1.165, 1.54) is 27.2 Å². The molecule has 4 rings (SSSR count). The third-order valence-corrected chi connectivity index (χ3v) is 6.37. The first-order valence-corrected chi connectivity index (χ1v) is 10.8.